The maximum atomic E-state index is 12.0. The number of aromatic nitrogens is 2. The van der Waals surface area contributed by atoms with Crippen molar-refractivity contribution in [1.82, 2.24) is 9.78 Å². The molecule has 2 aromatic carbocycles. The molecule has 0 N–H and O–H groups in total. The fraction of sp³-hybridized carbons (Fsp3) is 0.150. The van der Waals surface area contributed by atoms with Gasteiger partial charge in [-0.05, 0) is 61.0 Å². The lowest BCUT2D eigenvalue weighted by Crippen LogP contribution is -2.01. The molecule has 0 saturated heterocycles. The van der Waals surface area contributed by atoms with Gasteiger partial charge in [0.25, 0.3) is 0 Å². The number of nitrogens with zero attached hydrogens (tertiary/aromatic N) is 2. The number of benzene rings is 2. The van der Waals surface area contributed by atoms with Gasteiger partial charge >= 0.3 is 5.63 Å². The van der Waals surface area contributed by atoms with E-state index in [1.54, 1.807) is 22.9 Å². The van der Waals surface area contributed by atoms with Gasteiger partial charge in [0.1, 0.15) is 5.58 Å². The molecule has 0 atom stereocenters. The summed E-state index contributed by atoms with van der Waals surface area (Å²) >= 11 is 20.5. The minimum Gasteiger partial charge on any atom is -0.422 e. The first-order valence-corrected chi connectivity index (χ1v) is 11.5. The first kappa shape index (κ1) is 20.6. The van der Waals surface area contributed by atoms with Crippen molar-refractivity contribution < 1.29 is 4.42 Å². The molecule has 2 aromatic heterocycles. The zero-order chi connectivity index (χ0) is 20.7. The van der Waals surface area contributed by atoms with Gasteiger partial charge in [-0.2, -0.15) is 0 Å². The number of halogens is 2. The number of rotatable bonds is 4. The Hall–Kier alpha value is -1.64. The maximum absolute atomic E-state index is 12.0. The number of hydrogen-bond acceptors (Lipinski definition) is 6. The Morgan fingerprint density at radius 1 is 1.17 bits per heavy atom. The van der Waals surface area contributed by atoms with Crippen LogP contribution in [0.2, 0.25) is 10.0 Å². The molecular formula is C20H14Cl2N2O2S3. The third-order valence-electron chi connectivity index (χ3n) is 4.55. The first-order valence-electron chi connectivity index (χ1n) is 8.55. The van der Waals surface area contributed by atoms with Crippen LogP contribution in [0.1, 0.15) is 16.7 Å². The number of fused-ring (bicyclic) bond motifs is 1. The highest BCUT2D eigenvalue weighted by molar-refractivity contribution is 8.00. The SMILES string of the molecule is Cc1ccc2c(CSc3nn(-c4ccc(Cl)c(Cl)c4)c(=S)s3)cc(=O)oc2c1C. The van der Waals surface area contributed by atoms with E-state index in [2.05, 4.69) is 5.10 Å². The fourth-order valence-corrected chi connectivity index (χ4v) is 5.53. The van der Waals surface area contributed by atoms with Gasteiger partial charge in [0, 0.05) is 17.2 Å². The second-order valence-electron chi connectivity index (χ2n) is 6.41. The number of hydrogen-bond donors (Lipinski definition) is 0. The van der Waals surface area contributed by atoms with E-state index in [-0.39, 0.29) is 5.63 Å². The van der Waals surface area contributed by atoms with Crippen molar-refractivity contribution in [3.63, 3.8) is 0 Å². The van der Waals surface area contributed by atoms with Crippen LogP contribution in [0.5, 0.6) is 0 Å². The van der Waals surface area contributed by atoms with Gasteiger partial charge in [0.15, 0.2) is 8.29 Å². The van der Waals surface area contributed by atoms with Crippen molar-refractivity contribution in [2.45, 2.75) is 23.9 Å². The summed E-state index contributed by atoms with van der Waals surface area (Å²) in [7, 11) is 0. The van der Waals surface area contributed by atoms with E-state index >= 15 is 0 Å². The highest BCUT2D eigenvalue weighted by Crippen LogP contribution is 2.31. The molecule has 0 aliphatic carbocycles. The van der Waals surface area contributed by atoms with E-state index in [1.807, 2.05) is 32.0 Å². The van der Waals surface area contributed by atoms with Gasteiger partial charge in [-0.3, -0.25) is 0 Å². The van der Waals surface area contributed by atoms with Crippen LogP contribution in [0.3, 0.4) is 0 Å². The second kappa shape index (κ2) is 8.24. The maximum Gasteiger partial charge on any atom is 0.336 e. The molecule has 9 heteroatoms. The lowest BCUT2D eigenvalue weighted by atomic mass is 10.0. The van der Waals surface area contributed by atoms with E-state index in [4.69, 9.17) is 39.8 Å². The quantitative estimate of drug-likeness (QED) is 0.179. The summed E-state index contributed by atoms with van der Waals surface area (Å²) in [6.07, 6.45) is 0. The fourth-order valence-electron chi connectivity index (χ4n) is 2.88. The first-order chi connectivity index (χ1) is 13.8. The Morgan fingerprint density at radius 2 is 1.97 bits per heavy atom. The van der Waals surface area contributed by atoms with Crippen LogP contribution >= 0.6 is 58.5 Å². The van der Waals surface area contributed by atoms with Gasteiger partial charge in [-0.15, -0.1) is 5.10 Å². The van der Waals surface area contributed by atoms with Crippen LogP contribution in [0.15, 0.2) is 49.9 Å². The lowest BCUT2D eigenvalue weighted by molar-refractivity contribution is 0.557. The van der Waals surface area contributed by atoms with Crippen LogP contribution < -0.4 is 5.63 Å². The Kier molecular flexibility index (Phi) is 5.86. The van der Waals surface area contributed by atoms with Crippen LogP contribution in [0.4, 0.5) is 0 Å². The van der Waals surface area contributed by atoms with Gasteiger partial charge < -0.3 is 4.42 Å². The molecule has 0 saturated carbocycles. The van der Waals surface area contributed by atoms with Crippen LogP contribution in [0.25, 0.3) is 16.7 Å². The normalized spacial score (nSPS) is 11.3. The zero-order valence-electron chi connectivity index (χ0n) is 15.4. The number of aryl methyl sites for hydroxylation is 2. The topological polar surface area (TPSA) is 48.0 Å². The minimum absolute atomic E-state index is 0.351. The molecule has 4 nitrogen and oxygen atoms in total. The van der Waals surface area contributed by atoms with E-state index in [1.165, 1.54) is 23.1 Å². The Balaban J connectivity index is 1.65. The van der Waals surface area contributed by atoms with Gasteiger partial charge in [0.05, 0.1) is 15.7 Å². The third-order valence-corrected chi connectivity index (χ3v) is 7.70. The predicted octanol–water partition coefficient (Wildman–Crippen LogP) is 6.99. The predicted molar refractivity (Wildman–Crippen MR) is 124 cm³/mol. The molecule has 0 aliphatic heterocycles. The second-order valence-corrected chi connectivity index (χ2v) is 10.1. The molecule has 148 valence electrons. The molecule has 0 radical (unpaired) electrons. The average molecular weight is 481 g/mol. The Bertz CT molecular complexity index is 1360. The van der Waals surface area contributed by atoms with Crippen LogP contribution in [-0.4, -0.2) is 9.78 Å². The summed E-state index contributed by atoms with van der Waals surface area (Å²) < 4.78 is 8.51. The molecule has 0 unspecified atom stereocenters. The minimum atomic E-state index is -0.351. The third kappa shape index (κ3) is 4.15. The van der Waals surface area contributed by atoms with E-state index in [0.717, 1.165) is 32.1 Å². The lowest BCUT2D eigenvalue weighted by Gasteiger charge is -2.08. The smallest absolute Gasteiger partial charge is 0.336 e. The van der Waals surface area contributed by atoms with Crippen molar-refractivity contribution >= 4 is 69.5 Å². The van der Waals surface area contributed by atoms with Gasteiger partial charge in [-0.25, -0.2) is 9.48 Å². The summed E-state index contributed by atoms with van der Waals surface area (Å²) in [5.74, 6) is 0.578. The van der Waals surface area contributed by atoms with Crippen molar-refractivity contribution in [2.75, 3.05) is 0 Å². The molecule has 0 bridgehead atoms. The molecular weight excluding hydrogens is 467 g/mol. The summed E-state index contributed by atoms with van der Waals surface area (Å²) in [5.41, 5.74) is 4.02. The van der Waals surface area contributed by atoms with E-state index < -0.39 is 0 Å². The molecule has 4 aromatic rings. The van der Waals surface area contributed by atoms with Crippen LogP contribution in [0, 0.1) is 17.8 Å². The van der Waals surface area contributed by atoms with Crippen molar-refractivity contribution in [1.29, 1.82) is 0 Å². The van der Waals surface area contributed by atoms with Gasteiger partial charge in [-0.1, -0.05) is 58.4 Å². The molecule has 0 aliphatic rings. The molecule has 0 fully saturated rings. The molecule has 4 rings (SSSR count). The van der Waals surface area contributed by atoms with Crippen molar-refractivity contribution in [2.24, 2.45) is 0 Å². The Labute approximate surface area is 190 Å². The van der Waals surface area contributed by atoms with Crippen LogP contribution in [-0.2, 0) is 5.75 Å². The largest absolute Gasteiger partial charge is 0.422 e. The summed E-state index contributed by atoms with van der Waals surface area (Å²) in [6, 6.07) is 10.8. The van der Waals surface area contributed by atoms with Gasteiger partial charge in [0.2, 0.25) is 0 Å². The summed E-state index contributed by atoms with van der Waals surface area (Å²) in [6.45, 7) is 3.96. The highest BCUT2D eigenvalue weighted by atomic mass is 35.5. The summed E-state index contributed by atoms with van der Waals surface area (Å²) in [5, 5.41) is 6.45. The van der Waals surface area contributed by atoms with Crippen molar-refractivity contribution in [3.05, 3.63) is 77.5 Å². The molecule has 0 amide bonds. The average Bonchev–Trinajstić information content (AvgIpc) is 3.06. The Morgan fingerprint density at radius 3 is 2.72 bits per heavy atom. The molecule has 29 heavy (non-hydrogen) atoms. The standard InChI is InChI=1S/C20H14Cl2N2O2S3/c1-10-3-5-14-12(7-17(25)26-18(14)11(10)2)9-28-19-23-24(20(27)29-19)13-4-6-15(21)16(22)8-13/h3-8H,9H2,1-2H3. The molecule has 2 heterocycles. The van der Waals surface area contributed by atoms with Crippen molar-refractivity contribution in [3.8, 4) is 5.69 Å². The summed E-state index contributed by atoms with van der Waals surface area (Å²) in [4.78, 5) is 12.0. The monoisotopic (exact) mass is 480 g/mol. The van der Waals surface area contributed by atoms with E-state index in [0.29, 0.717) is 25.3 Å². The molecule has 0 spiro atoms. The number of thioether (sulfide) groups is 1. The highest BCUT2D eigenvalue weighted by Gasteiger charge is 2.12. The van der Waals surface area contributed by atoms with E-state index in [9.17, 15) is 4.79 Å². The zero-order valence-corrected chi connectivity index (χ0v) is 19.3.